The van der Waals surface area contributed by atoms with Gasteiger partial charge in [-0.3, -0.25) is 4.99 Å². The van der Waals surface area contributed by atoms with Crippen molar-refractivity contribution in [1.82, 2.24) is 0 Å². The Morgan fingerprint density at radius 3 is 2.67 bits per heavy atom. The maximum Gasteiger partial charge on any atom is 0.0519 e. The molecule has 0 saturated carbocycles. The molecule has 2 nitrogen and oxygen atoms in total. The summed E-state index contributed by atoms with van der Waals surface area (Å²) in [6, 6.07) is 0. The summed E-state index contributed by atoms with van der Waals surface area (Å²) < 4.78 is 0. The molecule has 1 unspecified atom stereocenters. The van der Waals surface area contributed by atoms with E-state index in [0.717, 1.165) is 6.42 Å². The van der Waals surface area contributed by atoms with Crippen LogP contribution in [0.5, 0.6) is 0 Å². The van der Waals surface area contributed by atoms with E-state index in [1.54, 1.807) is 13.3 Å². The molecule has 0 bridgehead atoms. The van der Waals surface area contributed by atoms with E-state index in [-0.39, 0.29) is 0 Å². The van der Waals surface area contributed by atoms with Gasteiger partial charge in [-0.15, -0.1) is 0 Å². The van der Waals surface area contributed by atoms with Crippen molar-refractivity contribution < 1.29 is 0 Å². The van der Waals surface area contributed by atoms with Crippen molar-refractivity contribution >= 4 is 11.9 Å². The fraction of sp³-hybridized carbons (Fsp3) is 0.714. The first-order valence-electron chi connectivity index (χ1n) is 3.23. The summed E-state index contributed by atoms with van der Waals surface area (Å²) in [5.74, 6) is 0.355. The molecule has 0 aromatic carbocycles. The van der Waals surface area contributed by atoms with Crippen LogP contribution in [0.15, 0.2) is 4.99 Å². The van der Waals surface area contributed by atoms with Crippen molar-refractivity contribution in [3.8, 4) is 0 Å². The van der Waals surface area contributed by atoms with Crippen molar-refractivity contribution in [2.45, 2.75) is 20.3 Å². The maximum atomic E-state index is 7.35. The second kappa shape index (κ2) is 4.24. The van der Waals surface area contributed by atoms with Crippen LogP contribution in [-0.2, 0) is 0 Å². The number of hydrogen-bond acceptors (Lipinski definition) is 2. The second-order valence-electron chi connectivity index (χ2n) is 2.15. The zero-order chi connectivity index (χ0) is 7.28. The minimum atomic E-state index is 0.355. The van der Waals surface area contributed by atoms with Crippen LogP contribution in [-0.4, -0.2) is 19.0 Å². The van der Waals surface area contributed by atoms with Gasteiger partial charge < -0.3 is 5.41 Å². The van der Waals surface area contributed by atoms with Crippen molar-refractivity contribution in [2.75, 3.05) is 7.05 Å². The predicted molar refractivity (Wildman–Crippen MR) is 41.6 cm³/mol. The van der Waals surface area contributed by atoms with Crippen LogP contribution in [0.3, 0.4) is 0 Å². The van der Waals surface area contributed by atoms with Crippen LogP contribution >= 0.6 is 0 Å². The summed E-state index contributed by atoms with van der Waals surface area (Å²) in [5, 5.41) is 7.35. The van der Waals surface area contributed by atoms with Crippen LogP contribution < -0.4 is 0 Å². The van der Waals surface area contributed by atoms with E-state index < -0.39 is 0 Å². The highest BCUT2D eigenvalue weighted by atomic mass is 14.7. The standard InChI is InChI=1S/C7H14N2/c1-4-6(2)7(8)5-9-3/h5-6,8H,4H2,1-3H3. The minimum absolute atomic E-state index is 0.355. The van der Waals surface area contributed by atoms with Crippen molar-refractivity contribution in [3.63, 3.8) is 0 Å². The van der Waals surface area contributed by atoms with Gasteiger partial charge in [0.2, 0.25) is 0 Å². The molecule has 0 heterocycles. The van der Waals surface area contributed by atoms with Gasteiger partial charge in [0.1, 0.15) is 0 Å². The summed E-state index contributed by atoms with van der Waals surface area (Å²) in [6.07, 6.45) is 2.62. The Balaban J connectivity index is 3.73. The van der Waals surface area contributed by atoms with Crippen molar-refractivity contribution in [1.29, 1.82) is 5.41 Å². The smallest absolute Gasteiger partial charge is 0.0519 e. The Morgan fingerprint density at radius 2 is 2.33 bits per heavy atom. The van der Waals surface area contributed by atoms with Crippen LogP contribution in [0.2, 0.25) is 0 Å². The lowest BCUT2D eigenvalue weighted by molar-refractivity contribution is 0.743. The third-order valence-corrected chi connectivity index (χ3v) is 1.41. The Kier molecular flexibility index (Phi) is 3.93. The van der Waals surface area contributed by atoms with Crippen LogP contribution in [0.4, 0.5) is 0 Å². The van der Waals surface area contributed by atoms with Gasteiger partial charge in [0.15, 0.2) is 0 Å². The largest absolute Gasteiger partial charge is 0.303 e. The molecule has 0 aliphatic rings. The van der Waals surface area contributed by atoms with E-state index >= 15 is 0 Å². The summed E-state index contributed by atoms with van der Waals surface area (Å²) in [6.45, 7) is 4.10. The molecule has 52 valence electrons. The first-order valence-corrected chi connectivity index (χ1v) is 3.23. The quantitative estimate of drug-likeness (QED) is 0.559. The van der Waals surface area contributed by atoms with Gasteiger partial charge in [-0.2, -0.15) is 0 Å². The molecule has 0 aromatic heterocycles. The summed E-state index contributed by atoms with van der Waals surface area (Å²) in [5.41, 5.74) is 0.625. The zero-order valence-corrected chi connectivity index (χ0v) is 6.31. The topological polar surface area (TPSA) is 36.2 Å². The van der Waals surface area contributed by atoms with E-state index in [2.05, 4.69) is 11.9 Å². The fourth-order valence-electron chi connectivity index (χ4n) is 0.486. The van der Waals surface area contributed by atoms with E-state index in [9.17, 15) is 0 Å². The van der Waals surface area contributed by atoms with Gasteiger partial charge >= 0.3 is 0 Å². The average Bonchev–Trinajstić information content (AvgIpc) is 1.87. The molecular formula is C7H14N2. The maximum absolute atomic E-state index is 7.35. The fourth-order valence-corrected chi connectivity index (χ4v) is 0.486. The number of rotatable bonds is 3. The normalized spacial score (nSPS) is 14.1. The molecule has 0 fully saturated rings. The second-order valence-corrected chi connectivity index (χ2v) is 2.15. The Labute approximate surface area is 56.5 Å². The first-order chi connectivity index (χ1) is 4.22. The third kappa shape index (κ3) is 3.01. The lowest BCUT2D eigenvalue weighted by atomic mass is 10.0. The van der Waals surface area contributed by atoms with Gasteiger partial charge in [-0.1, -0.05) is 13.8 Å². The molecule has 9 heavy (non-hydrogen) atoms. The average molecular weight is 126 g/mol. The number of aliphatic imine (C=N–C) groups is 1. The van der Waals surface area contributed by atoms with E-state index in [4.69, 9.17) is 5.41 Å². The molecule has 1 N–H and O–H groups in total. The molecule has 0 rings (SSSR count). The molecule has 0 aromatic rings. The van der Waals surface area contributed by atoms with E-state index in [1.807, 2.05) is 6.92 Å². The van der Waals surface area contributed by atoms with Crippen LogP contribution in [0, 0.1) is 11.3 Å². The lowest BCUT2D eigenvalue weighted by Crippen LogP contribution is -2.09. The van der Waals surface area contributed by atoms with Crippen molar-refractivity contribution in [3.05, 3.63) is 0 Å². The molecule has 0 radical (unpaired) electrons. The highest BCUT2D eigenvalue weighted by Crippen LogP contribution is 1.99. The van der Waals surface area contributed by atoms with Gasteiger partial charge in [0.05, 0.1) is 5.71 Å². The lowest BCUT2D eigenvalue weighted by Gasteiger charge is -2.03. The monoisotopic (exact) mass is 126 g/mol. The SMILES string of the molecule is CCC(C)C(=N)C=NC. The number of nitrogens with one attached hydrogen (secondary N) is 1. The Hall–Kier alpha value is -0.660. The molecule has 0 spiro atoms. The van der Waals surface area contributed by atoms with Gasteiger partial charge in [-0.05, 0) is 12.3 Å². The molecule has 1 atom stereocenters. The predicted octanol–water partition coefficient (Wildman–Crippen LogP) is 1.75. The Morgan fingerprint density at radius 1 is 1.78 bits per heavy atom. The third-order valence-electron chi connectivity index (χ3n) is 1.41. The van der Waals surface area contributed by atoms with Gasteiger partial charge in [-0.25, -0.2) is 0 Å². The Bertz CT molecular complexity index is 116. The number of hydrogen-bond donors (Lipinski definition) is 1. The molecule has 0 saturated heterocycles. The molecular weight excluding hydrogens is 112 g/mol. The van der Waals surface area contributed by atoms with Crippen LogP contribution in [0.25, 0.3) is 0 Å². The van der Waals surface area contributed by atoms with E-state index in [1.165, 1.54) is 0 Å². The first kappa shape index (κ1) is 8.34. The minimum Gasteiger partial charge on any atom is -0.303 e. The zero-order valence-electron chi connectivity index (χ0n) is 6.31. The molecule has 0 aliphatic carbocycles. The molecule has 0 amide bonds. The molecule has 0 aliphatic heterocycles. The van der Waals surface area contributed by atoms with Crippen LogP contribution in [0.1, 0.15) is 20.3 Å². The van der Waals surface area contributed by atoms with Gasteiger partial charge in [0, 0.05) is 13.3 Å². The molecule has 2 heteroatoms. The van der Waals surface area contributed by atoms with Crippen molar-refractivity contribution in [2.24, 2.45) is 10.9 Å². The number of nitrogens with zero attached hydrogens (tertiary/aromatic N) is 1. The highest BCUT2D eigenvalue weighted by molar-refractivity contribution is 6.29. The summed E-state index contributed by atoms with van der Waals surface area (Å²) in [7, 11) is 1.69. The summed E-state index contributed by atoms with van der Waals surface area (Å²) in [4.78, 5) is 3.76. The highest BCUT2D eigenvalue weighted by Gasteiger charge is 2.01. The van der Waals surface area contributed by atoms with E-state index in [0.29, 0.717) is 11.6 Å². The van der Waals surface area contributed by atoms with Gasteiger partial charge in [0.25, 0.3) is 0 Å². The summed E-state index contributed by atoms with van der Waals surface area (Å²) >= 11 is 0.